The summed E-state index contributed by atoms with van der Waals surface area (Å²) >= 11 is 3.40. The van der Waals surface area contributed by atoms with E-state index in [1.165, 1.54) is 0 Å². The highest BCUT2D eigenvalue weighted by molar-refractivity contribution is 9.10. The lowest BCUT2D eigenvalue weighted by Gasteiger charge is -2.24. The molecule has 0 unspecified atom stereocenters. The summed E-state index contributed by atoms with van der Waals surface area (Å²) in [7, 11) is -1.18. The van der Waals surface area contributed by atoms with Crippen LogP contribution in [0.3, 0.4) is 0 Å². The Balaban J connectivity index is 2.02. The Labute approximate surface area is 116 Å². The van der Waals surface area contributed by atoms with E-state index in [1.54, 1.807) is 7.11 Å². The van der Waals surface area contributed by atoms with Crippen LogP contribution in [0, 0.1) is 0 Å². The molecular formula is C12H16BrNO3S. The third-order valence-electron chi connectivity index (χ3n) is 3.08. The first kappa shape index (κ1) is 13.7. The molecule has 1 aliphatic heterocycles. The van der Waals surface area contributed by atoms with E-state index in [-0.39, 0.29) is 17.5 Å². The minimum atomic E-state index is -2.80. The predicted molar refractivity (Wildman–Crippen MR) is 76.0 cm³/mol. The molecule has 1 heterocycles. The largest absolute Gasteiger partial charge is 0.495 e. The number of anilines is 1. The second-order valence-electron chi connectivity index (χ2n) is 4.42. The average molecular weight is 334 g/mol. The molecule has 1 aromatic carbocycles. The molecule has 0 radical (unpaired) electrons. The van der Waals surface area contributed by atoms with Gasteiger partial charge in [-0.05, 0) is 40.9 Å². The summed E-state index contributed by atoms with van der Waals surface area (Å²) in [5.41, 5.74) is 0.958. The minimum absolute atomic E-state index is 0.222. The number of ether oxygens (including phenoxy) is 1. The first-order chi connectivity index (χ1) is 8.50. The molecule has 1 saturated heterocycles. The van der Waals surface area contributed by atoms with Crippen molar-refractivity contribution < 1.29 is 13.2 Å². The van der Waals surface area contributed by atoms with Crippen LogP contribution in [0.25, 0.3) is 0 Å². The van der Waals surface area contributed by atoms with Crippen LogP contribution >= 0.6 is 15.9 Å². The summed E-state index contributed by atoms with van der Waals surface area (Å²) in [5.74, 6) is 1.32. The topological polar surface area (TPSA) is 55.4 Å². The van der Waals surface area contributed by atoms with Crippen LogP contribution in [0.4, 0.5) is 5.69 Å². The summed E-state index contributed by atoms with van der Waals surface area (Å²) in [4.78, 5) is 0. The van der Waals surface area contributed by atoms with Crippen LogP contribution in [0.2, 0.25) is 0 Å². The molecule has 4 nitrogen and oxygen atoms in total. The number of benzene rings is 1. The highest BCUT2D eigenvalue weighted by Gasteiger charge is 2.23. The van der Waals surface area contributed by atoms with Crippen molar-refractivity contribution in [1.82, 2.24) is 0 Å². The van der Waals surface area contributed by atoms with Gasteiger partial charge >= 0.3 is 0 Å². The van der Waals surface area contributed by atoms with E-state index in [2.05, 4.69) is 21.2 Å². The molecule has 0 amide bonds. The van der Waals surface area contributed by atoms with E-state index in [4.69, 9.17) is 4.74 Å². The first-order valence-electron chi connectivity index (χ1n) is 5.81. The van der Waals surface area contributed by atoms with E-state index in [0.29, 0.717) is 12.8 Å². The Bertz CT molecular complexity index is 516. The van der Waals surface area contributed by atoms with E-state index < -0.39 is 9.84 Å². The molecule has 1 fully saturated rings. The average Bonchev–Trinajstić information content (AvgIpc) is 2.34. The number of hydrogen-bond acceptors (Lipinski definition) is 4. The maximum absolute atomic E-state index is 11.3. The van der Waals surface area contributed by atoms with Gasteiger partial charge in [-0.15, -0.1) is 0 Å². The van der Waals surface area contributed by atoms with E-state index in [1.807, 2.05) is 18.2 Å². The molecule has 0 saturated carbocycles. The van der Waals surface area contributed by atoms with Crippen LogP contribution in [0.1, 0.15) is 12.8 Å². The normalized spacial score (nSPS) is 19.4. The Kier molecular flexibility index (Phi) is 4.17. The van der Waals surface area contributed by atoms with E-state index >= 15 is 0 Å². The lowest BCUT2D eigenvalue weighted by atomic mass is 10.1. The van der Waals surface area contributed by atoms with E-state index in [9.17, 15) is 8.42 Å². The molecule has 0 atom stereocenters. The number of rotatable bonds is 3. The van der Waals surface area contributed by atoms with Crippen LogP contribution < -0.4 is 10.1 Å². The van der Waals surface area contributed by atoms with Crippen molar-refractivity contribution in [1.29, 1.82) is 0 Å². The van der Waals surface area contributed by atoms with E-state index in [0.717, 1.165) is 15.9 Å². The fraction of sp³-hybridized carbons (Fsp3) is 0.500. The smallest absolute Gasteiger partial charge is 0.150 e. The van der Waals surface area contributed by atoms with Crippen molar-refractivity contribution in [2.24, 2.45) is 0 Å². The lowest BCUT2D eigenvalue weighted by Crippen LogP contribution is -2.32. The van der Waals surface area contributed by atoms with Crippen molar-refractivity contribution in [2.75, 3.05) is 23.9 Å². The number of halogens is 1. The first-order valence-corrected chi connectivity index (χ1v) is 8.42. The molecular weight excluding hydrogens is 318 g/mol. The van der Waals surface area contributed by atoms with Crippen molar-refractivity contribution >= 4 is 31.5 Å². The molecule has 1 aliphatic rings. The Hall–Kier alpha value is -0.750. The quantitative estimate of drug-likeness (QED) is 0.923. The lowest BCUT2D eigenvalue weighted by molar-refractivity contribution is 0.412. The molecule has 6 heteroatoms. The molecule has 18 heavy (non-hydrogen) atoms. The third kappa shape index (κ3) is 3.38. The minimum Gasteiger partial charge on any atom is -0.495 e. The molecule has 0 bridgehead atoms. The van der Waals surface area contributed by atoms with Crippen molar-refractivity contribution in [3.05, 3.63) is 22.7 Å². The molecule has 1 aromatic rings. The van der Waals surface area contributed by atoms with Crippen LogP contribution in [-0.2, 0) is 9.84 Å². The Morgan fingerprint density at radius 2 is 2.00 bits per heavy atom. The van der Waals surface area contributed by atoms with Crippen molar-refractivity contribution in [2.45, 2.75) is 18.9 Å². The highest BCUT2D eigenvalue weighted by Crippen LogP contribution is 2.29. The highest BCUT2D eigenvalue weighted by atomic mass is 79.9. The number of hydrogen-bond donors (Lipinski definition) is 1. The molecule has 2 rings (SSSR count). The predicted octanol–water partition coefficient (Wildman–Crippen LogP) is 2.45. The monoisotopic (exact) mass is 333 g/mol. The standard InChI is InChI=1S/C12H16BrNO3S/c1-17-12-8-10(2-3-11(12)13)14-9-4-6-18(15,16)7-5-9/h2-3,8-9,14H,4-7H2,1H3. The van der Waals surface area contributed by atoms with Crippen molar-refractivity contribution in [3.63, 3.8) is 0 Å². The Morgan fingerprint density at radius 1 is 1.33 bits per heavy atom. The summed E-state index contributed by atoms with van der Waals surface area (Å²) in [5, 5.41) is 3.36. The zero-order chi connectivity index (χ0) is 13.2. The maximum atomic E-state index is 11.3. The van der Waals surface area contributed by atoms with Gasteiger partial charge in [0.2, 0.25) is 0 Å². The second kappa shape index (κ2) is 5.48. The van der Waals surface area contributed by atoms with Crippen molar-refractivity contribution in [3.8, 4) is 5.75 Å². The van der Waals surface area contributed by atoms with Gasteiger partial charge in [0.05, 0.1) is 23.1 Å². The van der Waals surface area contributed by atoms with Crippen LogP contribution in [-0.4, -0.2) is 33.1 Å². The molecule has 0 spiro atoms. The summed E-state index contributed by atoms with van der Waals surface area (Å²) in [6, 6.07) is 6.00. The summed E-state index contributed by atoms with van der Waals surface area (Å²) < 4.78 is 28.8. The number of methoxy groups -OCH3 is 1. The van der Waals surface area contributed by atoms with Gasteiger partial charge in [-0.1, -0.05) is 0 Å². The number of nitrogens with one attached hydrogen (secondary N) is 1. The van der Waals surface area contributed by atoms with Gasteiger partial charge in [0.15, 0.2) is 0 Å². The SMILES string of the molecule is COc1cc(NC2CCS(=O)(=O)CC2)ccc1Br. The summed E-state index contributed by atoms with van der Waals surface area (Å²) in [6.45, 7) is 0. The maximum Gasteiger partial charge on any atom is 0.150 e. The fourth-order valence-corrected chi connectivity index (χ4v) is 3.92. The van der Waals surface area contributed by atoms with Gasteiger partial charge < -0.3 is 10.1 Å². The fourth-order valence-electron chi connectivity index (χ4n) is 2.02. The molecule has 1 N–H and O–H groups in total. The van der Waals surface area contributed by atoms with Gasteiger partial charge in [0.1, 0.15) is 15.6 Å². The second-order valence-corrected chi connectivity index (χ2v) is 7.58. The molecule has 100 valence electrons. The van der Waals surface area contributed by atoms with Crippen LogP contribution in [0.5, 0.6) is 5.75 Å². The van der Waals surface area contributed by atoms with Gasteiger partial charge in [0, 0.05) is 17.8 Å². The number of sulfone groups is 1. The van der Waals surface area contributed by atoms with Gasteiger partial charge in [-0.25, -0.2) is 8.42 Å². The van der Waals surface area contributed by atoms with Gasteiger partial charge in [-0.3, -0.25) is 0 Å². The summed E-state index contributed by atoms with van der Waals surface area (Å²) in [6.07, 6.45) is 1.33. The zero-order valence-electron chi connectivity index (χ0n) is 10.1. The Morgan fingerprint density at radius 3 is 2.61 bits per heavy atom. The molecule has 0 aromatic heterocycles. The molecule has 0 aliphatic carbocycles. The zero-order valence-corrected chi connectivity index (χ0v) is 12.6. The third-order valence-corrected chi connectivity index (χ3v) is 5.45. The van der Waals surface area contributed by atoms with Gasteiger partial charge in [-0.2, -0.15) is 0 Å². The van der Waals surface area contributed by atoms with Gasteiger partial charge in [0.25, 0.3) is 0 Å². The van der Waals surface area contributed by atoms with Crippen LogP contribution in [0.15, 0.2) is 22.7 Å².